The smallest absolute Gasteiger partial charge is 0.218 e. The fourth-order valence-electron chi connectivity index (χ4n) is 3.46. The molecule has 0 amide bonds. The molecule has 0 atom stereocenters. The Morgan fingerprint density at radius 3 is 2.71 bits per heavy atom. The highest BCUT2D eigenvalue weighted by molar-refractivity contribution is 5.82. The second-order valence-electron chi connectivity index (χ2n) is 7.02. The van der Waals surface area contributed by atoms with Crippen molar-refractivity contribution in [2.24, 2.45) is 7.05 Å². The molecule has 0 aliphatic rings. The second kappa shape index (κ2) is 7.86. The maximum Gasteiger partial charge on any atom is 0.218 e. The number of aryl methyl sites for hydroxylation is 1. The number of nitrogens with one attached hydrogen (secondary N) is 1. The van der Waals surface area contributed by atoms with E-state index in [1.54, 1.807) is 30.4 Å². The molecule has 4 heterocycles. The molecule has 9 nitrogen and oxygen atoms in total. The Morgan fingerprint density at radius 2 is 1.87 bits per heavy atom. The molecule has 0 saturated heterocycles. The maximum absolute atomic E-state index is 5.35. The quantitative estimate of drug-likeness (QED) is 0.456. The third kappa shape index (κ3) is 3.68. The highest BCUT2D eigenvalue weighted by Gasteiger charge is 2.11. The van der Waals surface area contributed by atoms with Gasteiger partial charge in [0, 0.05) is 31.1 Å². The number of pyridine rings is 2. The van der Waals surface area contributed by atoms with Crippen molar-refractivity contribution in [1.82, 2.24) is 34.7 Å². The van der Waals surface area contributed by atoms with Crippen LogP contribution in [0.4, 0.5) is 11.6 Å². The van der Waals surface area contributed by atoms with Crippen molar-refractivity contribution >= 4 is 22.7 Å². The van der Waals surface area contributed by atoms with Gasteiger partial charge in [-0.3, -0.25) is 4.68 Å². The van der Waals surface area contributed by atoms with E-state index < -0.39 is 0 Å². The fourth-order valence-corrected chi connectivity index (χ4v) is 3.46. The van der Waals surface area contributed by atoms with E-state index in [2.05, 4.69) is 36.8 Å². The van der Waals surface area contributed by atoms with Crippen LogP contribution in [0.2, 0.25) is 0 Å². The number of methoxy groups -OCH3 is 1. The maximum atomic E-state index is 5.35. The minimum Gasteiger partial charge on any atom is -0.481 e. The van der Waals surface area contributed by atoms with Gasteiger partial charge in [0.2, 0.25) is 5.88 Å². The molecule has 1 aromatic carbocycles. The van der Waals surface area contributed by atoms with Crippen molar-refractivity contribution in [2.45, 2.75) is 6.54 Å². The Bertz CT molecular complexity index is 1360. The molecular weight excluding hydrogens is 392 g/mol. The zero-order valence-electron chi connectivity index (χ0n) is 17.1. The molecule has 9 heteroatoms. The van der Waals surface area contributed by atoms with Gasteiger partial charge in [-0.2, -0.15) is 5.10 Å². The molecule has 1 N–H and O–H groups in total. The summed E-state index contributed by atoms with van der Waals surface area (Å²) in [6.07, 6.45) is 5.23. The van der Waals surface area contributed by atoms with Crippen molar-refractivity contribution in [3.8, 4) is 17.0 Å². The van der Waals surface area contributed by atoms with Gasteiger partial charge in [-0.1, -0.05) is 17.3 Å². The monoisotopic (exact) mass is 412 g/mol. The van der Waals surface area contributed by atoms with E-state index in [4.69, 9.17) is 4.74 Å². The van der Waals surface area contributed by atoms with Gasteiger partial charge in [-0.05, 0) is 41.5 Å². The van der Waals surface area contributed by atoms with E-state index in [-0.39, 0.29) is 0 Å². The van der Waals surface area contributed by atoms with Gasteiger partial charge in [0.15, 0.2) is 0 Å². The van der Waals surface area contributed by atoms with Crippen LogP contribution >= 0.6 is 0 Å². The van der Waals surface area contributed by atoms with Crippen molar-refractivity contribution < 1.29 is 4.74 Å². The van der Waals surface area contributed by atoms with Crippen molar-refractivity contribution in [3.05, 3.63) is 72.7 Å². The highest BCUT2D eigenvalue weighted by atomic mass is 16.5. The minimum absolute atomic E-state index is 0.529. The summed E-state index contributed by atoms with van der Waals surface area (Å²) in [6.45, 7) is 0.529. The standard InChI is InChI=1S/C22H20N8O/c1-29-21(8-11-25-29)26-20-13-16(7-10-23-20)15-5-6-19-18(12-15)27-28-30(19)14-17-4-3-9-24-22(17)31-2/h3-13H,14H2,1-2H3,(H,23,26). The van der Waals surface area contributed by atoms with Gasteiger partial charge < -0.3 is 10.1 Å². The Kier molecular flexibility index (Phi) is 4.75. The zero-order valence-corrected chi connectivity index (χ0v) is 17.1. The van der Waals surface area contributed by atoms with Gasteiger partial charge in [0.25, 0.3) is 0 Å². The molecule has 0 radical (unpaired) electrons. The highest BCUT2D eigenvalue weighted by Crippen LogP contribution is 2.26. The Balaban J connectivity index is 1.43. The topological polar surface area (TPSA) is 95.6 Å². The third-order valence-corrected chi connectivity index (χ3v) is 5.05. The fraction of sp³-hybridized carbons (Fsp3) is 0.136. The summed E-state index contributed by atoms with van der Waals surface area (Å²) in [5, 5.41) is 16.1. The summed E-state index contributed by atoms with van der Waals surface area (Å²) in [7, 11) is 3.49. The lowest BCUT2D eigenvalue weighted by atomic mass is 10.1. The first-order valence-corrected chi connectivity index (χ1v) is 9.74. The summed E-state index contributed by atoms with van der Waals surface area (Å²) in [5.74, 6) is 2.20. The number of hydrogen-bond donors (Lipinski definition) is 1. The lowest BCUT2D eigenvalue weighted by Crippen LogP contribution is -2.04. The number of nitrogens with zero attached hydrogens (tertiary/aromatic N) is 7. The summed E-state index contributed by atoms with van der Waals surface area (Å²) < 4.78 is 8.96. The average molecular weight is 412 g/mol. The zero-order chi connectivity index (χ0) is 21.2. The number of ether oxygens (including phenoxy) is 1. The molecule has 0 unspecified atom stereocenters. The molecule has 5 rings (SSSR count). The predicted molar refractivity (Wildman–Crippen MR) is 117 cm³/mol. The van der Waals surface area contributed by atoms with Crippen molar-refractivity contribution in [3.63, 3.8) is 0 Å². The van der Waals surface area contributed by atoms with E-state index in [0.29, 0.717) is 12.4 Å². The summed E-state index contributed by atoms with van der Waals surface area (Å²) >= 11 is 0. The first kappa shape index (κ1) is 18.7. The molecule has 4 aromatic heterocycles. The van der Waals surface area contributed by atoms with E-state index >= 15 is 0 Å². The third-order valence-electron chi connectivity index (χ3n) is 5.05. The number of rotatable bonds is 6. The van der Waals surface area contributed by atoms with Crippen LogP contribution in [-0.2, 0) is 13.6 Å². The molecule has 0 bridgehead atoms. The van der Waals surface area contributed by atoms with Gasteiger partial charge in [-0.25, -0.2) is 14.6 Å². The van der Waals surface area contributed by atoms with Crippen LogP contribution < -0.4 is 10.1 Å². The van der Waals surface area contributed by atoms with Gasteiger partial charge in [0.05, 0.1) is 25.4 Å². The van der Waals surface area contributed by atoms with E-state index in [1.807, 2.05) is 54.2 Å². The molecule has 0 aliphatic carbocycles. The lowest BCUT2D eigenvalue weighted by molar-refractivity contribution is 0.390. The van der Waals surface area contributed by atoms with Crippen LogP contribution in [0.3, 0.4) is 0 Å². The average Bonchev–Trinajstić information content (AvgIpc) is 3.40. The lowest BCUT2D eigenvalue weighted by Gasteiger charge is -2.09. The van der Waals surface area contributed by atoms with Crippen LogP contribution in [0.25, 0.3) is 22.2 Å². The Hall–Kier alpha value is -4.27. The number of benzene rings is 1. The molecule has 5 aromatic rings. The Morgan fingerprint density at radius 1 is 0.968 bits per heavy atom. The summed E-state index contributed by atoms with van der Waals surface area (Å²) in [5.41, 5.74) is 4.77. The molecule has 0 spiro atoms. The Labute approximate surface area is 178 Å². The molecule has 0 saturated carbocycles. The SMILES string of the molecule is COc1ncccc1Cn1nnc2cc(-c3ccnc(Nc4ccnn4C)c3)ccc21. The molecule has 154 valence electrons. The van der Waals surface area contributed by atoms with Gasteiger partial charge in [-0.15, -0.1) is 5.10 Å². The molecule has 0 aliphatic heterocycles. The normalized spacial score (nSPS) is 11.0. The van der Waals surface area contributed by atoms with Crippen LogP contribution in [0.5, 0.6) is 5.88 Å². The summed E-state index contributed by atoms with van der Waals surface area (Å²) in [6, 6.07) is 15.9. The van der Waals surface area contributed by atoms with Crippen molar-refractivity contribution in [1.29, 1.82) is 0 Å². The van der Waals surface area contributed by atoms with Crippen LogP contribution in [0, 0.1) is 0 Å². The van der Waals surface area contributed by atoms with Crippen LogP contribution in [0.1, 0.15) is 5.56 Å². The number of aromatic nitrogens is 7. The van der Waals surface area contributed by atoms with Gasteiger partial charge >= 0.3 is 0 Å². The van der Waals surface area contributed by atoms with Crippen LogP contribution in [-0.4, -0.2) is 41.9 Å². The van der Waals surface area contributed by atoms with Crippen LogP contribution in [0.15, 0.2) is 67.1 Å². The number of fused-ring (bicyclic) bond motifs is 1. The predicted octanol–water partition coefficient (Wildman–Crippen LogP) is 3.42. The minimum atomic E-state index is 0.529. The number of hydrogen-bond acceptors (Lipinski definition) is 7. The van der Waals surface area contributed by atoms with E-state index in [1.165, 1.54) is 0 Å². The summed E-state index contributed by atoms with van der Waals surface area (Å²) in [4.78, 5) is 8.66. The molecule has 31 heavy (non-hydrogen) atoms. The largest absolute Gasteiger partial charge is 0.481 e. The molecular formula is C22H20N8O. The van der Waals surface area contributed by atoms with E-state index in [0.717, 1.165) is 39.4 Å². The first-order chi connectivity index (χ1) is 15.2. The second-order valence-corrected chi connectivity index (χ2v) is 7.02. The van der Waals surface area contributed by atoms with Crippen molar-refractivity contribution in [2.75, 3.05) is 12.4 Å². The first-order valence-electron chi connectivity index (χ1n) is 9.74. The molecule has 0 fully saturated rings. The van der Waals surface area contributed by atoms with E-state index in [9.17, 15) is 0 Å². The number of anilines is 2. The van der Waals surface area contributed by atoms with Gasteiger partial charge in [0.1, 0.15) is 17.2 Å².